The van der Waals surface area contributed by atoms with Gasteiger partial charge in [-0.3, -0.25) is 0 Å². The van der Waals surface area contributed by atoms with Gasteiger partial charge in [0.1, 0.15) is 0 Å². The zero-order chi connectivity index (χ0) is 14.7. The summed E-state index contributed by atoms with van der Waals surface area (Å²) in [6, 6.07) is 6.57. The molecule has 2 rings (SSSR count). The van der Waals surface area contributed by atoms with Gasteiger partial charge in [0, 0.05) is 6.04 Å². The van der Waals surface area contributed by atoms with Crippen LogP contribution in [0.3, 0.4) is 0 Å². The summed E-state index contributed by atoms with van der Waals surface area (Å²) < 4.78 is 18.6. The number of aryl methyl sites for hydroxylation is 2. The summed E-state index contributed by atoms with van der Waals surface area (Å²) in [5.74, 6) is -0.141. The molecule has 1 atom stereocenters. The van der Waals surface area contributed by atoms with Crippen LogP contribution in [0.1, 0.15) is 28.6 Å². The summed E-state index contributed by atoms with van der Waals surface area (Å²) in [5, 5.41) is 8.05. The minimum Gasteiger partial charge on any atom is -0.494 e. The molecular formula is C15H18FN3O. The third kappa shape index (κ3) is 3.11. The van der Waals surface area contributed by atoms with Crippen LogP contribution in [-0.2, 0) is 6.42 Å². The van der Waals surface area contributed by atoms with Crippen LogP contribution in [0.4, 0.5) is 4.39 Å². The molecule has 0 aliphatic carbocycles. The van der Waals surface area contributed by atoms with Crippen molar-refractivity contribution in [2.45, 2.75) is 26.3 Å². The molecule has 0 radical (unpaired) electrons. The summed E-state index contributed by atoms with van der Waals surface area (Å²) in [7, 11) is 1.44. The van der Waals surface area contributed by atoms with E-state index in [0.29, 0.717) is 6.42 Å². The van der Waals surface area contributed by atoms with Gasteiger partial charge in [-0.2, -0.15) is 10.2 Å². The van der Waals surface area contributed by atoms with E-state index < -0.39 is 0 Å². The van der Waals surface area contributed by atoms with E-state index in [9.17, 15) is 4.39 Å². The van der Waals surface area contributed by atoms with E-state index in [1.807, 2.05) is 26.0 Å². The Morgan fingerprint density at radius 2 is 2.00 bits per heavy atom. The Balaban J connectivity index is 2.21. The maximum Gasteiger partial charge on any atom is 0.165 e. The predicted molar refractivity (Wildman–Crippen MR) is 75.1 cm³/mol. The number of nitrogens with zero attached hydrogens (tertiary/aromatic N) is 2. The Morgan fingerprint density at radius 1 is 1.25 bits per heavy atom. The van der Waals surface area contributed by atoms with E-state index in [-0.39, 0.29) is 17.6 Å². The summed E-state index contributed by atoms with van der Waals surface area (Å²) in [5.41, 5.74) is 9.58. The topological polar surface area (TPSA) is 61.0 Å². The minimum absolute atomic E-state index is 0.236. The highest BCUT2D eigenvalue weighted by Gasteiger charge is 2.13. The second kappa shape index (κ2) is 5.96. The number of halogens is 1. The molecule has 0 spiro atoms. The van der Waals surface area contributed by atoms with Crippen molar-refractivity contribution in [1.29, 1.82) is 0 Å². The second-order valence-corrected chi connectivity index (χ2v) is 4.81. The van der Waals surface area contributed by atoms with Gasteiger partial charge in [0.05, 0.1) is 18.5 Å². The lowest BCUT2D eigenvalue weighted by Gasteiger charge is -2.15. The van der Waals surface area contributed by atoms with Crippen LogP contribution in [0.5, 0.6) is 5.75 Å². The van der Waals surface area contributed by atoms with E-state index in [1.54, 1.807) is 6.07 Å². The van der Waals surface area contributed by atoms with Gasteiger partial charge < -0.3 is 10.5 Å². The van der Waals surface area contributed by atoms with Crippen molar-refractivity contribution in [3.8, 4) is 5.75 Å². The minimum atomic E-state index is -0.377. The molecule has 0 saturated carbocycles. The number of aromatic nitrogens is 2. The van der Waals surface area contributed by atoms with Crippen molar-refractivity contribution in [3.63, 3.8) is 0 Å². The van der Waals surface area contributed by atoms with Gasteiger partial charge in [0.2, 0.25) is 0 Å². The van der Waals surface area contributed by atoms with Gasteiger partial charge in [-0.05, 0) is 49.6 Å². The Labute approximate surface area is 117 Å². The average Bonchev–Trinajstić information content (AvgIpc) is 2.41. The molecular weight excluding hydrogens is 257 g/mol. The molecule has 0 fully saturated rings. The molecule has 1 unspecified atom stereocenters. The van der Waals surface area contributed by atoms with Gasteiger partial charge in [0.25, 0.3) is 0 Å². The highest BCUT2D eigenvalue weighted by Crippen LogP contribution is 2.22. The lowest BCUT2D eigenvalue weighted by Crippen LogP contribution is -2.16. The van der Waals surface area contributed by atoms with Crippen LogP contribution in [0.25, 0.3) is 0 Å². The third-order valence-corrected chi connectivity index (χ3v) is 3.21. The normalized spacial score (nSPS) is 12.2. The highest BCUT2D eigenvalue weighted by atomic mass is 19.1. The Kier molecular flexibility index (Phi) is 4.29. The van der Waals surface area contributed by atoms with Crippen molar-refractivity contribution >= 4 is 0 Å². The van der Waals surface area contributed by atoms with Gasteiger partial charge in [-0.25, -0.2) is 4.39 Å². The fourth-order valence-electron chi connectivity index (χ4n) is 2.15. The van der Waals surface area contributed by atoms with Crippen LogP contribution in [-0.4, -0.2) is 17.3 Å². The summed E-state index contributed by atoms with van der Waals surface area (Å²) >= 11 is 0. The van der Waals surface area contributed by atoms with Crippen LogP contribution in [0.15, 0.2) is 24.3 Å². The van der Waals surface area contributed by atoms with Crippen molar-refractivity contribution < 1.29 is 9.13 Å². The van der Waals surface area contributed by atoms with E-state index in [1.165, 1.54) is 13.2 Å². The highest BCUT2D eigenvalue weighted by molar-refractivity contribution is 5.31. The zero-order valence-corrected chi connectivity index (χ0v) is 11.9. The first-order chi connectivity index (χ1) is 9.51. The number of hydrogen-bond donors (Lipinski definition) is 1. The molecule has 0 saturated heterocycles. The first-order valence-electron chi connectivity index (χ1n) is 6.40. The molecule has 0 aliphatic rings. The van der Waals surface area contributed by atoms with Crippen LogP contribution in [0, 0.1) is 19.7 Å². The maximum atomic E-state index is 13.7. The first-order valence-corrected chi connectivity index (χ1v) is 6.40. The molecule has 0 amide bonds. The monoisotopic (exact) mass is 275 g/mol. The van der Waals surface area contributed by atoms with E-state index in [2.05, 4.69) is 10.2 Å². The number of nitrogens with two attached hydrogens (primary N) is 1. The van der Waals surface area contributed by atoms with Crippen LogP contribution >= 0.6 is 0 Å². The molecule has 2 aromatic rings. The van der Waals surface area contributed by atoms with Crippen LogP contribution < -0.4 is 10.5 Å². The number of benzene rings is 1. The van der Waals surface area contributed by atoms with Crippen molar-refractivity contribution in [1.82, 2.24) is 10.2 Å². The van der Waals surface area contributed by atoms with E-state index >= 15 is 0 Å². The lowest BCUT2D eigenvalue weighted by molar-refractivity contribution is 0.386. The Morgan fingerprint density at radius 3 is 2.65 bits per heavy atom. The van der Waals surface area contributed by atoms with Gasteiger partial charge >= 0.3 is 0 Å². The second-order valence-electron chi connectivity index (χ2n) is 4.81. The summed E-state index contributed by atoms with van der Waals surface area (Å²) in [6.07, 6.45) is 0.535. The van der Waals surface area contributed by atoms with Gasteiger partial charge in [-0.15, -0.1) is 0 Å². The smallest absolute Gasteiger partial charge is 0.165 e. The quantitative estimate of drug-likeness (QED) is 0.931. The molecule has 1 heterocycles. The number of rotatable bonds is 4. The van der Waals surface area contributed by atoms with Crippen molar-refractivity contribution in [2.75, 3.05) is 7.11 Å². The molecule has 106 valence electrons. The largest absolute Gasteiger partial charge is 0.494 e. The molecule has 2 N–H and O–H groups in total. The van der Waals surface area contributed by atoms with Gasteiger partial charge in [0.15, 0.2) is 11.6 Å². The molecule has 0 aliphatic heterocycles. The van der Waals surface area contributed by atoms with E-state index in [0.717, 1.165) is 22.5 Å². The van der Waals surface area contributed by atoms with Crippen LogP contribution in [0.2, 0.25) is 0 Å². The summed E-state index contributed by atoms with van der Waals surface area (Å²) in [4.78, 5) is 0. The van der Waals surface area contributed by atoms with Crippen molar-refractivity contribution in [2.24, 2.45) is 5.73 Å². The maximum absolute atomic E-state index is 13.7. The standard InChI is InChI=1S/C15H18FN3O/c1-9-6-12(10(2)19-18-9)14(17)8-11-4-5-15(20-3)13(16)7-11/h4-7,14H,8,17H2,1-3H3. The number of methoxy groups -OCH3 is 1. The molecule has 1 aromatic heterocycles. The van der Waals surface area contributed by atoms with Crippen molar-refractivity contribution in [3.05, 3.63) is 52.6 Å². The molecule has 1 aromatic carbocycles. The fraction of sp³-hybridized carbons (Fsp3) is 0.333. The Bertz CT molecular complexity index is 616. The fourth-order valence-corrected chi connectivity index (χ4v) is 2.15. The molecule has 0 bridgehead atoms. The SMILES string of the molecule is COc1ccc(CC(N)c2cc(C)nnc2C)cc1F. The van der Waals surface area contributed by atoms with Gasteiger partial charge in [-0.1, -0.05) is 6.07 Å². The molecule has 5 heteroatoms. The molecule has 20 heavy (non-hydrogen) atoms. The predicted octanol–water partition coefficient (Wildman–Crippen LogP) is 2.48. The Hall–Kier alpha value is -2.01. The zero-order valence-electron chi connectivity index (χ0n) is 11.9. The van der Waals surface area contributed by atoms with E-state index in [4.69, 9.17) is 10.5 Å². The lowest BCUT2D eigenvalue weighted by atomic mass is 9.98. The molecule has 4 nitrogen and oxygen atoms in total. The number of ether oxygens (including phenoxy) is 1. The number of hydrogen-bond acceptors (Lipinski definition) is 4. The average molecular weight is 275 g/mol. The third-order valence-electron chi connectivity index (χ3n) is 3.21. The summed E-state index contributed by atoms with van der Waals surface area (Å²) in [6.45, 7) is 3.74. The first kappa shape index (κ1) is 14.4.